The maximum atomic E-state index is 6.55. The van der Waals surface area contributed by atoms with Gasteiger partial charge in [0, 0.05) is 10.6 Å². The molecule has 1 atom stereocenters. The lowest BCUT2D eigenvalue weighted by atomic mass is 9.99. The number of aryl methyl sites for hydroxylation is 2. The summed E-state index contributed by atoms with van der Waals surface area (Å²) in [4.78, 5) is 0. The summed E-state index contributed by atoms with van der Waals surface area (Å²) < 4.78 is 5.36. The van der Waals surface area contributed by atoms with Crippen molar-refractivity contribution in [1.29, 1.82) is 0 Å². The molecule has 0 saturated carbocycles. The monoisotopic (exact) mass is 308 g/mol. The zero-order valence-corrected chi connectivity index (χ0v) is 13.4. The van der Waals surface area contributed by atoms with E-state index in [1.54, 1.807) is 13.2 Å². The molecule has 1 nitrogen and oxygen atoms in total. The average molecular weight is 309 g/mol. The van der Waals surface area contributed by atoms with Crippen molar-refractivity contribution < 1.29 is 4.74 Å². The molecule has 2 aromatic carbocycles. The quantitative estimate of drug-likeness (QED) is 0.679. The Bertz CT molecular complexity index is 608. The van der Waals surface area contributed by atoms with Gasteiger partial charge in [0.2, 0.25) is 0 Å². The second-order valence-electron chi connectivity index (χ2n) is 4.98. The predicted octanol–water partition coefficient (Wildman–Crippen LogP) is 5.49. The van der Waals surface area contributed by atoms with E-state index < -0.39 is 0 Å². The highest BCUT2D eigenvalue weighted by Gasteiger charge is 2.15. The van der Waals surface area contributed by atoms with Gasteiger partial charge < -0.3 is 4.74 Å². The van der Waals surface area contributed by atoms with E-state index in [0.717, 1.165) is 17.7 Å². The minimum atomic E-state index is -0.135. The number of alkyl halides is 1. The Morgan fingerprint density at radius 3 is 2.45 bits per heavy atom. The highest BCUT2D eigenvalue weighted by Crippen LogP contribution is 2.34. The molecule has 0 spiro atoms. The summed E-state index contributed by atoms with van der Waals surface area (Å²) in [6, 6.07) is 12.0. The Morgan fingerprint density at radius 2 is 1.80 bits per heavy atom. The van der Waals surface area contributed by atoms with Crippen LogP contribution in [0.1, 0.15) is 27.6 Å². The van der Waals surface area contributed by atoms with Gasteiger partial charge in [-0.05, 0) is 49.1 Å². The molecule has 0 amide bonds. The normalized spacial score (nSPS) is 12.2. The van der Waals surface area contributed by atoms with Crippen molar-refractivity contribution in [3.05, 3.63) is 63.7 Å². The summed E-state index contributed by atoms with van der Waals surface area (Å²) in [7, 11) is 1.63. The van der Waals surface area contributed by atoms with E-state index in [-0.39, 0.29) is 5.38 Å². The summed E-state index contributed by atoms with van der Waals surface area (Å²) in [5.41, 5.74) is 4.78. The molecule has 0 aliphatic rings. The van der Waals surface area contributed by atoms with Gasteiger partial charge in [0.1, 0.15) is 5.75 Å². The molecule has 0 N–H and O–H groups in total. The van der Waals surface area contributed by atoms with Gasteiger partial charge in [0.25, 0.3) is 0 Å². The molecule has 0 aliphatic carbocycles. The third-order valence-electron chi connectivity index (χ3n) is 3.52. The van der Waals surface area contributed by atoms with Gasteiger partial charge in [-0.15, -0.1) is 11.6 Å². The summed E-state index contributed by atoms with van der Waals surface area (Å²) in [6.07, 6.45) is 0.765. The minimum absolute atomic E-state index is 0.135. The number of hydrogen-bond donors (Lipinski definition) is 0. The van der Waals surface area contributed by atoms with Crippen molar-refractivity contribution >= 4 is 23.2 Å². The van der Waals surface area contributed by atoms with Crippen molar-refractivity contribution in [2.24, 2.45) is 0 Å². The number of halogens is 2. The molecule has 0 radical (unpaired) electrons. The third kappa shape index (κ3) is 3.47. The van der Waals surface area contributed by atoms with Crippen molar-refractivity contribution in [3.8, 4) is 5.75 Å². The van der Waals surface area contributed by atoms with Crippen LogP contribution in [0.25, 0.3) is 0 Å². The zero-order chi connectivity index (χ0) is 14.7. The maximum absolute atomic E-state index is 6.55. The molecular formula is C17H18Cl2O. The number of benzene rings is 2. The minimum Gasteiger partial charge on any atom is -0.496 e. The van der Waals surface area contributed by atoms with Gasteiger partial charge in [-0.1, -0.05) is 35.9 Å². The van der Waals surface area contributed by atoms with Crippen LogP contribution in [0.4, 0.5) is 0 Å². The molecule has 3 heteroatoms. The smallest absolute Gasteiger partial charge is 0.125 e. The van der Waals surface area contributed by atoms with Crippen molar-refractivity contribution in [3.63, 3.8) is 0 Å². The van der Waals surface area contributed by atoms with Crippen LogP contribution in [-0.4, -0.2) is 7.11 Å². The predicted molar refractivity (Wildman–Crippen MR) is 86.2 cm³/mol. The number of rotatable bonds is 4. The van der Waals surface area contributed by atoms with E-state index in [2.05, 4.69) is 32.0 Å². The first kappa shape index (κ1) is 15.2. The fourth-order valence-corrected chi connectivity index (χ4v) is 2.71. The number of methoxy groups -OCH3 is 1. The lowest BCUT2D eigenvalue weighted by Crippen LogP contribution is -2.00. The van der Waals surface area contributed by atoms with Gasteiger partial charge in [-0.3, -0.25) is 0 Å². The first-order valence-corrected chi connectivity index (χ1v) is 7.36. The summed E-state index contributed by atoms with van der Waals surface area (Å²) >= 11 is 12.5. The lowest BCUT2D eigenvalue weighted by molar-refractivity contribution is 0.409. The molecule has 0 aromatic heterocycles. The van der Waals surface area contributed by atoms with E-state index >= 15 is 0 Å². The Kier molecular flexibility index (Phi) is 4.95. The van der Waals surface area contributed by atoms with Gasteiger partial charge in [0.05, 0.1) is 12.5 Å². The highest BCUT2D eigenvalue weighted by atomic mass is 35.5. The van der Waals surface area contributed by atoms with Crippen LogP contribution < -0.4 is 4.74 Å². The number of ether oxygens (including phenoxy) is 1. The van der Waals surface area contributed by atoms with Gasteiger partial charge >= 0.3 is 0 Å². The van der Waals surface area contributed by atoms with Crippen molar-refractivity contribution in [2.45, 2.75) is 25.6 Å². The second kappa shape index (κ2) is 6.51. The fourth-order valence-electron chi connectivity index (χ4n) is 2.19. The molecule has 1 unspecified atom stereocenters. The van der Waals surface area contributed by atoms with Crippen LogP contribution in [0.5, 0.6) is 5.75 Å². The van der Waals surface area contributed by atoms with E-state index in [0.29, 0.717) is 5.02 Å². The average Bonchev–Trinajstić information content (AvgIpc) is 2.42. The zero-order valence-electron chi connectivity index (χ0n) is 11.9. The summed E-state index contributed by atoms with van der Waals surface area (Å²) in [5.74, 6) is 0.737. The standard InChI is InChI=1S/C17H18Cl2O/c1-11-4-5-13(8-12(11)2)9-16(19)15-7-6-14(18)10-17(15)20-3/h4-8,10,16H,9H2,1-3H3. The van der Waals surface area contributed by atoms with Gasteiger partial charge in [0.15, 0.2) is 0 Å². The van der Waals surface area contributed by atoms with Crippen LogP contribution in [0.2, 0.25) is 5.02 Å². The van der Waals surface area contributed by atoms with Crippen LogP contribution in [-0.2, 0) is 6.42 Å². The summed E-state index contributed by atoms with van der Waals surface area (Å²) in [6.45, 7) is 4.23. The Balaban J connectivity index is 2.23. The van der Waals surface area contributed by atoms with Gasteiger partial charge in [-0.25, -0.2) is 0 Å². The van der Waals surface area contributed by atoms with Crippen LogP contribution >= 0.6 is 23.2 Å². The molecule has 2 aromatic rings. The van der Waals surface area contributed by atoms with Crippen LogP contribution in [0.3, 0.4) is 0 Å². The molecule has 0 fully saturated rings. The Morgan fingerprint density at radius 1 is 1.05 bits per heavy atom. The van der Waals surface area contributed by atoms with E-state index in [1.165, 1.54) is 16.7 Å². The van der Waals surface area contributed by atoms with E-state index in [9.17, 15) is 0 Å². The van der Waals surface area contributed by atoms with Gasteiger partial charge in [-0.2, -0.15) is 0 Å². The largest absolute Gasteiger partial charge is 0.496 e. The fraction of sp³-hybridized carbons (Fsp3) is 0.294. The topological polar surface area (TPSA) is 9.23 Å². The molecule has 0 aliphatic heterocycles. The molecule has 106 valence electrons. The van der Waals surface area contributed by atoms with E-state index in [1.807, 2.05) is 12.1 Å². The molecule has 0 bridgehead atoms. The number of hydrogen-bond acceptors (Lipinski definition) is 1. The van der Waals surface area contributed by atoms with Crippen LogP contribution in [0, 0.1) is 13.8 Å². The van der Waals surface area contributed by atoms with Crippen LogP contribution in [0.15, 0.2) is 36.4 Å². The molecule has 0 heterocycles. The second-order valence-corrected chi connectivity index (χ2v) is 5.94. The molecular weight excluding hydrogens is 291 g/mol. The molecule has 20 heavy (non-hydrogen) atoms. The first-order valence-electron chi connectivity index (χ1n) is 6.55. The highest BCUT2D eigenvalue weighted by molar-refractivity contribution is 6.30. The molecule has 2 rings (SSSR count). The molecule has 0 saturated heterocycles. The maximum Gasteiger partial charge on any atom is 0.125 e. The third-order valence-corrected chi connectivity index (χ3v) is 4.14. The summed E-state index contributed by atoms with van der Waals surface area (Å²) in [5, 5.41) is 0.518. The van der Waals surface area contributed by atoms with Crippen molar-refractivity contribution in [1.82, 2.24) is 0 Å². The Hall–Kier alpha value is -1.18. The van der Waals surface area contributed by atoms with E-state index in [4.69, 9.17) is 27.9 Å². The first-order chi connectivity index (χ1) is 9.51. The Labute approximate surface area is 130 Å². The van der Waals surface area contributed by atoms with Crippen molar-refractivity contribution in [2.75, 3.05) is 7.11 Å². The SMILES string of the molecule is COc1cc(Cl)ccc1C(Cl)Cc1ccc(C)c(C)c1. The lowest BCUT2D eigenvalue weighted by Gasteiger charge is -2.15.